The van der Waals surface area contributed by atoms with Crippen molar-refractivity contribution in [1.82, 2.24) is 0 Å². The Kier molecular flexibility index (Phi) is 5.04. The summed E-state index contributed by atoms with van der Waals surface area (Å²) in [4.78, 5) is 11.3. The number of esters is 1. The van der Waals surface area contributed by atoms with Crippen molar-refractivity contribution in [2.24, 2.45) is 0 Å². The largest absolute Gasteiger partial charge is 0.573 e. The molecule has 0 atom stereocenters. The van der Waals surface area contributed by atoms with Gasteiger partial charge in [0.25, 0.3) is 0 Å². The molecule has 1 aromatic rings. The molecule has 0 aromatic heterocycles. The number of halogens is 4. The minimum absolute atomic E-state index is 0.0106. The molecule has 2 N–H and O–H groups in total. The number of anilines is 1. The maximum absolute atomic E-state index is 12.3. The van der Waals surface area contributed by atoms with Gasteiger partial charge in [-0.15, -0.1) is 13.2 Å². The summed E-state index contributed by atoms with van der Waals surface area (Å²) in [5.74, 6) is -1.24. The van der Waals surface area contributed by atoms with Crippen molar-refractivity contribution < 1.29 is 27.4 Å². The number of carbonyl (C=O) groups excluding carboxylic acids is 1. The fraction of sp³-hybridized carbons (Fsp3) is 0.364. The van der Waals surface area contributed by atoms with Crippen LogP contribution in [0.1, 0.15) is 12.5 Å². The monoisotopic (exact) mass is 341 g/mol. The fourth-order valence-electron chi connectivity index (χ4n) is 1.36. The topological polar surface area (TPSA) is 61.5 Å². The van der Waals surface area contributed by atoms with Crippen LogP contribution < -0.4 is 10.5 Å². The van der Waals surface area contributed by atoms with Crippen molar-refractivity contribution in [2.45, 2.75) is 19.7 Å². The molecule has 1 rings (SSSR count). The van der Waals surface area contributed by atoms with Crippen molar-refractivity contribution in [1.29, 1.82) is 0 Å². The Labute approximate surface area is 115 Å². The molecule has 0 fully saturated rings. The predicted octanol–water partition coefficient (Wildman–Crippen LogP) is 3.04. The molecule has 0 aliphatic heterocycles. The molecule has 19 heavy (non-hydrogen) atoms. The normalized spacial score (nSPS) is 11.2. The number of nitrogens with two attached hydrogens (primary N) is 1. The van der Waals surface area contributed by atoms with Crippen LogP contribution in [0.15, 0.2) is 16.6 Å². The second-order valence-corrected chi connectivity index (χ2v) is 4.33. The molecule has 4 nitrogen and oxygen atoms in total. The van der Waals surface area contributed by atoms with Crippen LogP contribution in [0.2, 0.25) is 0 Å². The zero-order chi connectivity index (χ0) is 14.6. The van der Waals surface area contributed by atoms with Crippen LogP contribution in [0.25, 0.3) is 0 Å². The Morgan fingerprint density at radius 2 is 2.05 bits per heavy atom. The Morgan fingerprint density at radius 3 is 2.58 bits per heavy atom. The molecule has 0 radical (unpaired) electrons. The van der Waals surface area contributed by atoms with E-state index in [2.05, 4.69) is 25.4 Å². The first-order valence-corrected chi connectivity index (χ1v) is 6.02. The first kappa shape index (κ1) is 15.6. The van der Waals surface area contributed by atoms with E-state index in [4.69, 9.17) is 5.73 Å². The molecule has 0 bridgehead atoms. The van der Waals surface area contributed by atoms with E-state index in [1.807, 2.05) is 0 Å². The van der Waals surface area contributed by atoms with Gasteiger partial charge in [0, 0.05) is 10.0 Å². The van der Waals surface area contributed by atoms with Gasteiger partial charge in [-0.25, -0.2) is 0 Å². The lowest BCUT2D eigenvalue weighted by atomic mass is 10.1. The van der Waals surface area contributed by atoms with Crippen LogP contribution in [0.5, 0.6) is 5.75 Å². The molecule has 0 heterocycles. The zero-order valence-corrected chi connectivity index (χ0v) is 11.5. The van der Waals surface area contributed by atoms with E-state index in [0.29, 0.717) is 0 Å². The van der Waals surface area contributed by atoms with Gasteiger partial charge < -0.3 is 15.2 Å². The highest BCUT2D eigenvalue weighted by Gasteiger charge is 2.33. The quantitative estimate of drug-likeness (QED) is 0.675. The van der Waals surface area contributed by atoms with Gasteiger partial charge in [0.1, 0.15) is 0 Å². The number of hydrogen-bond acceptors (Lipinski definition) is 4. The van der Waals surface area contributed by atoms with E-state index in [1.54, 1.807) is 6.92 Å². The van der Waals surface area contributed by atoms with Crippen molar-refractivity contribution in [3.8, 4) is 5.75 Å². The summed E-state index contributed by atoms with van der Waals surface area (Å²) >= 11 is 3.00. The number of nitrogen functional groups attached to an aromatic ring is 1. The third-order valence-electron chi connectivity index (χ3n) is 2.08. The molecule has 0 unspecified atom stereocenters. The van der Waals surface area contributed by atoms with Crippen molar-refractivity contribution in [3.05, 3.63) is 22.2 Å². The van der Waals surface area contributed by atoms with E-state index < -0.39 is 18.1 Å². The lowest BCUT2D eigenvalue weighted by Gasteiger charge is -2.16. The summed E-state index contributed by atoms with van der Waals surface area (Å²) in [7, 11) is 0. The van der Waals surface area contributed by atoms with Crippen LogP contribution >= 0.6 is 15.9 Å². The minimum atomic E-state index is -4.89. The number of benzene rings is 1. The smallest absolute Gasteiger partial charge is 0.466 e. The van der Waals surface area contributed by atoms with Crippen LogP contribution in [-0.4, -0.2) is 18.9 Å². The number of ether oxygens (including phenoxy) is 2. The first-order valence-electron chi connectivity index (χ1n) is 5.22. The first-order chi connectivity index (χ1) is 8.74. The molecule has 0 spiro atoms. The highest BCUT2D eigenvalue weighted by Crippen LogP contribution is 2.37. The van der Waals surface area contributed by atoms with Crippen LogP contribution in [0.3, 0.4) is 0 Å². The van der Waals surface area contributed by atoms with Crippen LogP contribution in [-0.2, 0) is 16.0 Å². The Morgan fingerprint density at radius 1 is 1.42 bits per heavy atom. The van der Waals surface area contributed by atoms with E-state index in [0.717, 1.165) is 0 Å². The van der Waals surface area contributed by atoms with Gasteiger partial charge in [0.2, 0.25) is 0 Å². The van der Waals surface area contributed by atoms with Gasteiger partial charge >= 0.3 is 12.3 Å². The second-order valence-electron chi connectivity index (χ2n) is 3.48. The van der Waals surface area contributed by atoms with Gasteiger partial charge in [-0.2, -0.15) is 0 Å². The van der Waals surface area contributed by atoms with Gasteiger partial charge in [-0.05, 0) is 28.9 Å². The summed E-state index contributed by atoms with van der Waals surface area (Å²) in [5.41, 5.74) is 5.30. The average molecular weight is 342 g/mol. The van der Waals surface area contributed by atoms with Gasteiger partial charge in [0.05, 0.1) is 18.7 Å². The van der Waals surface area contributed by atoms with Crippen LogP contribution in [0, 0.1) is 0 Å². The number of alkyl halides is 3. The van der Waals surface area contributed by atoms with E-state index >= 15 is 0 Å². The molecule has 0 aliphatic carbocycles. The van der Waals surface area contributed by atoms with Crippen molar-refractivity contribution >= 4 is 27.6 Å². The fourth-order valence-corrected chi connectivity index (χ4v) is 1.68. The van der Waals surface area contributed by atoms with Gasteiger partial charge in [-0.3, -0.25) is 4.79 Å². The van der Waals surface area contributed by atoms with E-state index in [-0.39, 0.29) is 28.8 Å². The molecule has 8 heteroatoms. The molecule has 1 aromatic carbocycles. The summed E-state index contributed by atoms with van der Waals surface area (Å²) in [6, 6.07) is 2.76. The second kappa shape index (κ2) is 6.14. The average Bonchev–Trinajstić information content (AvgIpc) is 2.27. The molecule has 0 aliphatic rings. The van der Waals surface area contributed by atoms with Gasteiger partial charge in [0.15, 0.2) is 5.75 Å². The Bertz CT molecular complexity index is 477. The van der Waals surface area contributed by atoms with Gasteiger partial charge in [-0.1, -0.05) is 6.07 Å². The van der Waals surface area contributed by atoms with Crippen LogP contribution in [0.4, 0.5) is 18.9 Å². The molecule has 0 saturated carbocycles. The maximum atomic E-state index is 12.3. The summed E-state index contributed by atoms with van der Waals surface area (Å²) < 4.78 is 45.7. The third-order valence-corrected chi connectivity index (χ3v) is 2.77. The van der Waals surface area contributed by atoms with E-state index in [1.165, 1.54) is 12.1 Å². The maximum Gasteiger partial charge on any atom is 0.573 e. The molecular weight excluding hydrogens is 331 g/mol. The lowest BCUT2D eigenvalue weighted by molar-refractivity contribution is -0.274. The number of hydrogen-bond donors (Lipinski definition) is 1. The standard InChI is InChI=1S/C11H11BrF3NO3/c1-2-18-8(17)5-6-3-4-7(12)9(16)10(6)19-11(13,14)15/h3-4H,2,5,16H2,1H3. The number of carbonyl (C=O) groups is 1. The molecule has 0 saturated heterocycles. The molecule has 106 valence electrons. The highest BCUT2D eigenvalue weighted by atomic mass is 79.9. The third kappa shape index (κ3) is 4.62. The zero-order valence-electron chi connectivity index (χ0n) is 9.88. The van der Waals surface area contributed by atoms with E-state index in [9.17, 15) is 18.0 Å². The Balaban J connectivity index is 3.09. The predicted molar refractivity (Wildman–Crippen MR) is 65.6 cm³/mol. The molecular formula is C11H11BrF3NO3. The Hall–Kier alpha value is -1.44. The lowest BCUT2D eigenvalue weighted by Crippen LogP contribution is -2.20. The molecule has 0 amide bonds. The summed E-state index contributed by atoms with van der Waals surface area (Å²) in [5, 5.41) is 0. The minimum Gasteiger partial charge on any atom is -0.466 e. The van der Waals surface area contributed by atoms with Crippen molar-refractivity contribution in [2.75, 3.05) is 12.3 Å². The number of rotatable bonds is 4. The summed E-state index contributed by atoms with van der Waals surface area (Å²) in [6.07, 6.45) is -5.24. The summed E-state index contributed by atoms with van der Waals surface area (Å²) in [6.45, 7) is 1.74. The highest BCUT2D eigenvalue weighted by molar-refractivity contribution is 9.10. The SMILES string of the molecule is CCOC(=O)Cc1ccc(Br)c(N)c1OC(F)(F)F. The van der Waals surface area contributed by atoms with Crippen molar-refractivity contribution in [3.63, 3.8) is 0 Å².